The number of aryl methyl sites for hydroxylation is 2. The molecule has 6 nitrogen and oxygen atoms in total. The molecular weight excluding hydrogens is 192 g/mol. The van der Waals surface area contributed by atoms with Crippen molar-refractivity contribution in [3.63, 3.8) is 0 Å². The first-order valence-corrected chi connectivity index (χ1v) is 4.73. The first kappa shape index (κ1) is 9.85. The zero-order valence-corrected chi connectivity index (χ0v) is 9.05. The summed E-state index contributed by atoms with van der Waals surface area (Å²) in [6.45, 7) is 0. The predicted molar refractivity (Wildman–Crippen MR) is 55.1 cm³/mol. The highest BCUT2D eigenvalue weighted by molar-refractivity contribution is 5.19. The van der Waals surface area contributed by atoms with Gasteiger partial charge in [-0.05, 0) is 13.1 Å². The van der Waals surface area contributed by atoms with Crippen molar-refractivity contribution in [2.45, 2.75) is 6.04 Å². The van der Waals surface area contributed by atoms with Crippen LogP contribution in [0.1, 0.15) is 17.4 Å². The fraction of sp³-hybridized carbons (Fsp3) is 0.444. The summed E-state index contributed by atoms with van der Waals surface area (Å²) in [6, 6.07) is 2.05. The Labute approximate surface area is 87.9 Å². The van der Waals surface area contributed by atoms with E-state index in [1.807, 2.05) is 31.9 Å². The van der Waals surface area contributed by atoms with Crippen LogP contribution >= 0.6 is 0 Å². The molecule has 2 aromatic rings. The summed E-state index contributed by atoms with van der Waals surface area (Å²) in [5.74, 6) is 0. The first-order valence-electron chi connectivity index (χ1n) is 4.73. The average Bonchev–Trinajstić information content (AvgIpc) is 2.80. The van der Waals surface area contributed by atoms with Crippen LogP contribution in [0.2, 0.25) is 0 Å². The van der Waals surface area contributed by atoms with Crippen LogP contribution in [0.25, 0.3) is 0 Å². The molecule has 80 valence electrons. The summed E-state index contributed by atoms with van der Waals surface area (Å²) < 4.78 is 3.60. The molecule has 2 heterocycles. The average molecular weight is 206 g/mol. The molecule has 15 heavy (non-hydrogen) atoms. The maximum absolute atomic E-state index is 4.15. The lowest BCUT2D eigenvalue weighted by atomic mass is 10.1. The van der Waals surface area contributed by atoms with Gasteiger partial charge >= 0.3 is 0 Å². The summed E-state index contributed by atoms with van der Waals surface area (Å²) >= 11 is 0. The molecule has 0 amide bonds. The Balaban J connectivity index is 2.41. The first-order chi connectivity index (χ1) is 7.24. The lowest BCUT2D eigenvalue weighted by molar-refractivity contribution is 0.557. The number of nitrogens with zero attached hydrogens (tertiary/aromatic N) is 5. The summed E-state index contributed by atoms with van der Waals surface area (Å²) in [5, 5.41) is 15.2. The molecule has 0 radical (unpaired) electrons. The maximum Gasteiger partial charge on any atom is 0.0932 e. The molecule has 0 fully saturated rings. The van der Waals surface area contributed by atoms with Gasteiger partial charge in [0.05, 0.1) is 23.6 Å². The zero-order valence-electron chi connectivity index (χ0n) is 9.05. The van der Waals surface area contributed by atoms with Gasteiger partial charge in [0.2, 0.25) is 0 Å². The van der Waals surface area contributed by atoms with Crippen LogP contribution in [0, 0.1) is 0 Å². The minimum atomic E-state index is 0.0671. The Hall–Kier alpha value is -1.69. The van der Waals surface area contributed by atoms with Gasteiger partial charge in [-0.2, -0.15) is 5.10 Å². The van der Waals surface area contributed by atoms with E-state index in [1.165, 1.54) is 0 Å². The van der Waals surface area contributed by atoms with E-state index in [0.717, 1.165) is 11.4 Å². The van der Waals surface area contributed by atoms with Crippen LogP contribution in [0.3, 0.4) is 0 Å². The SMILES string of the molecule is CNC(c1ccnn1C)c1cnnn1C. The summed E-state index contributed by atoms with van der Waals surface area (Å²) in [7, 11) is 5.71. The molecule has 1 N–H and O–H groups in total. The molecule has 0 aliphatic carbocycles. The molecular formula is C9H14N6. The Morgan fingerprint density at radius 3 is 2.53 bits per heavy atom. The highest BCUT2D eigenvalue weighted by Gasteiger charge is 2.18. The summed E-state index contributed by atoms with van der Waals surface area (Å²) in [5.41, 5.74) is 2.10. The number of hydrogen-bond donors (Lipinski definition) is 1. The lowest BCUT2D eigenvalue weighted by Gasteiger charge is -2.15. The quantitative estimate of drug-likeness (QED) is 0.759. The van der Waals surface area contributed by atoms with Crippen LogP contribution < -0.4 is 5.32 Å². The minimum Gasteiger partial charge on any atom is -0.307 e. The molecule has 0 saturated heterocycles. The number of nitrogens with one attached hydrogen (secondary N) is 1. The molecule has 1 unspecified atom stereocenters. The van der Waals surface area contributed by atoms with E-state index < -0.39 is 0 Å². The van der Waals surface area contributed by atoms with Crippen LogP contribution in [-0.4, -0.2) is 31.8 Å². The van der Waals surface area contributed by atoms with Gasteiger partial charge in [-0.25, -0.2) is 0 Å². The Kier molecular flexibility index (Phi) is 2.51. The van der Waals surface area contributed by atoms with Crippen LogP contribution in [0.15, 0.2) is 18.5 Å². The molecule has 2 rings (SSSR count). The molecule has 0 saturated carbocycles. The van der Waals surface area contributed by atoms with Gasteiger partial charge in [0, 0.05) is 20.3 Å². The number of aromatic nitrogens is 5. The number of hydrogen-bond acceptors (Lipinski definition) is 4. The van der Waals surface area contributed by atoms with Crippen LogP contribution in [-0.2, 0) is 14.1 Å². The van der Waals surface area contributed by atoms with E-state index in [2.05, 4.69) is 20.7 Å². The van der Waals surface area contributed by atoms with Gasteiger partial charge in [0.25, 0.3) is 0 Å². The van der Waals surface area contributed by atoms with Crippen molar-refractivity contribution >= 4 is 0 Å². The van der Waals surface area contributed by atoms with E-state index in [0.29, 0.717) is 0 Å². The second-order valence-corrected chi connectivity index (χ2v) is 3.38. The fourth-order valence-corrected chi connectivity index (χ4v) is 1.67. The lowest BCUT2D eigenvalue weighted by Crippen LogP contribution is -2.23. The van der Waals surface area contributed by atoms with Crippen molar-refractivity contribution in [3.05, 3.63) is 29.8 Å². The molecule has 2 aromatic heterocycles. The van der Waals surface area contributed by atoms with Gasteiger partial charge in [-0.15, -0.1) is 5.10 Å². The topological polar surface area (TPSA) is 60.6 Å². The molecule has 6 heteroatoms. The fourth-order valence-electron chi connectivity index (χ4n) is 1.67. The van der Waals surface area contributed by atoms with Gasteiger partial charge in [-0.3, -0.25) is 9.36 Å². The molecule has 0 spiro atoms. The minimum absolute atomic E-state index is 0.0671. The third kappa shape index (κ3) is 1.63. The Morgan fingerprint density at radius 2 is 2.07 bits per heavy atom. The summed E-state index contributed by atoms with van der Waals surface area (Å²) in [6.07, 6.45) is 3.54. The maximum atomic E-state index is 4.15. The molecule has 1 atom stereocenters. The number of rotatable bonds is 3. The van der Waals surface area contributed by atoms with Crippen molar-refractivity contribution in [2.24, 2.45) is 14.1 Å². The third-order valence-electron chi connectivity index (χ3n) is 2.49. The van der Waals surface area contributed by atoms with Crippen molar-refractivity contribution in [1.82, 2.24) is 30.1 Å². The molecule has 0 aliphatic rings. The largest absolute Gasteiger partial charge is 0.307 e. The highest BCUT2D eigenvalue weighted by Crippen LogP contribution is 2.18. The summed E-state index contributed by atoms with van der Waals surface area (Å²) in [4.78, 5) is 0. The molecule has 0 aromatic carbocycles. The normalized spacial score (nSPS) is 13.0. The van der Waals surface area contributed by atoms with Crippen LogP contribution in [0.5, 0.6) is 0 Å². The standard InChI is InChI=1S/C9H14N6/c1-10-9(7-4-5-12-14(7)2)8-6-11-13-15(8)3/h4-6,9-10H,1-3H3. The highest BCUT2D eigenvalue weighted by atomic mass is 15.4. The Bertz CT molecular complexity index is 403. The van der Waals surface area contributed by atoms with Gasteiger partial charge in [0.1, 0.15) is 0 Å². The second-order valence-electron chi connectivity index (χ2n) is 3.38. The smallest absolute Gasteiger partial charge is 0.0932 e. The van der Waals surface area contributed by atoms with Crippen LogP contribution in [0.4, 0.5) is 0 Å². The second kappa shape index (κ2) is 3.82. The van der Waals surface area contributed by atoms with E-state index in [1.54, 1.807) is 17.1 Å². The van der Waals surface area contributed by atoms with E-state index in [-0.39, 0.29) is 6.04 Å². The predicted octanol–water partition coefficient (Wildman–Crippen LogP) is -0.143. The van der Waals surface area contributed by atoms with Crippen molar-refractivity contribution in [2.75, 3.05) is 7.05 Å². The Morgan fingerprint density at radius 1 is 1.27 bits per heavy atom. The van der Waals surface area contributed by atoms with E-state index in [9.17, 15) is 0 Å². The third-order valence-corrected chi connectivity index (χ3v) is 2.49. The van der Waals surface area contributed by atoms with Crippen molar-refractivity contribution < 1.29 is 0 Å². The van der Waals surface area contributed by atoms with Crippen molar-refractivity contribution in [3.8, 4) is 0 Å². The van der Waals surface area contributed by atoms with E-state index >= 15 is 0 Å². The molecule has 0 bridgehead atoms. The van der Waals surface area contributed by atoms with Gasteiger partial charge in [0.15, 0.2) is 0 Å². The van der Waals surface area contributed by atoms with Crippen molar-refractivity contribution in [1.29, 1.82) is 0 Å². The molecule has 0 aliphatic heterocycles. The monoisotopic (exact) mass is 206 g/mol. The van der Waals surface area contributed by atoms with E-state index in [4.69, 9.17) is 0 Å². The zero-order chi connectivity index (χ0) is 10.8. The van der Waals surface area contributed by atoms with Gasteiger partial charge in [-0.1, -0.05) is 5.21 Å². The van der Waals surface area contributed by atoms with Gasteiger partial charge < -0.3 is 5.32 Å².